The van der Waals surface area contributed by atoms with Crippen molar-refractivity contribution in [3.05, 3.63) is 0 Å². The third-order valence-electron chi connectivity index (χ3n) is 1.09. The van der Waals surface area contributed by atoms with Crippen LogP contribution in [-0.2, 0) is 0 Å². The molecule has 0 aromatic heterocycles. The molecule has 2 nitrogen and oxygen atoms in total. The van der Waals surface area contributed by atoms with Gasteiger partial charge in [0.05, 0.1) is 6.10 Å². The first-order chi connectivity index (χ1) is 4.16. The highest BCUT2D eigenvalue weighted by atomic mass is 35.5. The molecular formula is C6H15Cl2NO. The SMILES string of the molecule is CN(C)CCC(O)CCl.Cl. The average Bonchev–Trinajstić information content (AvgIpc) is 1.83. The number of hydrogen-bond acceptors (Lipinski definition) is 2. The van der Waals surface area contributed by atoms with Crippen LogP contribution in [-0.4, -0.2) is 42.6 Å². The van der Waals surface area contributed by atoms with E-state index in [1.54, 1.807) is 0 Å². The monoisotopic (exact) mass is 187 g/mol. The molecule has 0 aromatic rings. The summed E-state index contributed by atoms with van der Waals surface area (Å²) in [5, 5.41) is 8.95. The van der Waals surface area contributed by atoms with Gasteiger partial charge in [-0.15, -0.1) is 24.0 Å². The van der Waals surface area contributed by atoms with Crippen molar-refractivity contribution in [3.8, 4) is 0 Å². The van der Waals surface area contributed by atoms with Crippen LogP contribution in [0, 0.1) is 0 Å². The van der Waals surface area contributed by atoms with Gasteiger partial charge in [-0.2, -0.15) is 0 Å². The molecule has 0 bridgehead atoms. The van der Waals surface area contributed by atoms with Crippen molar-refractivity contribution >= 4 is 24.0 Å². The standard InChI is InChI=1S/C6H14ClNO.ClH/c1-8(2)4-3-6(9)5-7;/h6,9H,3-5H2,1-2H3;1H. The van der Waals surface area contributed by atoms with E-state index in [9.17, 15) is 0 Å². The minimum atomic E-state index is -0.339. The highest BCUT2D eigenvalue weighted by Gasteiger charge is 2.00. The van der Waals surface area contributed by atoms with Gasteiger partial charge in [0.2, 0.25) is 0 Å². The molecule has 0 spiro atoms. The highest BCUT2D eigenvalue weighted by molar-refractivity contribution is 6.18. The van der Waals surface area contributed by atoms with E-state index in [4.69, 9.17) is 16.7 Å². The number of aliphatic hydroxyl groups is 1. The average molecular weight is 188 g/mol. The van der Waals surface area contributed by atoms with E-state index in [0.717, 1.165) is 13.0 Å². The Morgan fingerprint density at radius 2 is 2.00 bits per heavy atom. The Hall–Kier alpha value is 0.500. The van der Waals surface area contributed by atoms with Crippen LogP contribution in [0.3, 0.4) is 0 Å². The molecule has 64 valence electrons. The fraction of sp³-hybridized carbons (Fsp3) is 1.00. The number of halogens is 2. The van der Waals surface area contributed by atoms with Gasteiger partial charge in [0.25, 0.3) is 0 Å². The van der Waals surface area contributed by atoms with Crippen LogP contribution < -0.4 is 0 Å². The number of nitrogens with zero attached hydrogens (tertiary/aromatic N) is 1. The van der Waals surface area contributed by atoms with Gasteiger partial charge in [0, 0.05) is 12.4 Å². The molecular weight excluding hydrogens is 173 g/mol. The van der Waals surface area contributed by atoms with Gasteiger partial charge >= 0.3 is 0 Å². The predicted molar refractivity (Wildman–Crippen MR) is 47.1 cm³/mol. The Bertz CT molecular complexity index is 70.8. The van der Waals surface area contributed by atoms with Gasteiger partial charge in [0.15, 0.2) is 0 Å². The first-order valence-corrected chi connectivity index (χ1v) is 3.59. The molecule has 0 aliphatic carbocycles. The largest absolute Gasteiger partial charge is 0.392 e. The fourth-order valence-corrected chi connectivity index (χ4v) is 0.639. The predicted octanol–water partition coefficient (Wildman–Crippen LogP) is 0.960. The second-order valence-corrected chi connectivity index (χ2v) is 2.71. The molecule has 0 aliphatic rings. The molecule has 0 aliphatic heterocycles. The third kappa shape index (κ3) is 8.50. The van der Waals surface area contributed by atoms with Gasteiger partial charge in [-0.3, -0.25) is 0 Å². The maximum Gasteiger partial charge on any atom is 0.0687 e. The van der Waals surface area contributed by atoms with Crippen molar-refractivity contribution in [2.24, 2.45) is 0 Å². The normalized spacial score (nSPS) is 12.9. The molecule has 0 saturated carbocycles. The fourth-order valence-electron chi connectivity index (χ4n) is 0.484. The van der Waals surface area contributed by atoms with Crippen LogP contribution in [0.15, 0.2) is 0 Å². The number of aliphatic hydroxyl groups excluding tert-OH is 1. The minimum Gasteiger partial charge on any atom is -0.392 e. The van der Waals surface area contributed by atoms with Crippen LogP contribution >= 0.6 is 24.0 Å². The van der Waals surface area contributed by atoms with E-state index in [2.05, 4.69) is 0 Å². The third-order valence-corrected chi connectivity index (χ3v) is 1.44. The lowest BCUT2D eigenvalue weighted by Gasteiger charge is -2.11. The van der Waals surface area contributed by atoms with Crippen molar-refractivity contribution in [2.45, 2.75) is 12.5 Å². The molecule has 0 amide bonds. The molecule has 10 heavy (non-hydrogen) atoms. The Morgan fingerprint density at radius 3 is 2.30 bits per heavy atom. The summed E-state index contributed by atoms with van der Waals surface area (Å²) in [4.78, 5) is 2.02. The van der Waals surface area contributed by atoms with E-state index in [1.807, 2.05) is 19.0 Å². The van der Waals surface area contributed by atoms with Crippen LogP contribution in [0.1, 0.15) is 6.42 Å². The van der Waals surface area contributed by atoms with E-state index in [-0.39, 0.29) is 18.5 Å². The Morgan fingerprint density at radius 1 is 1.50 bits per heavy atom. The van der Waals surface area contributed by atoms with Gasteiger partial charge < -0.3 is 10.0 Å². The number of hydrogen-bond donors (Lipinski definition) is 1. The molecule has 0 radical (unpaired) electrons. The first-order valence-electron chi connectivity index (χ1n) is 3.05. The smallest absolute Gasteiger partial charge is 0.0687 e. The van der Waals surface area contributed by atoms with Crippen molar-refractivity contribution in [2.75, 3.05) is 26.5 Å². The summed E-state index contributed by atoms with van der Waals surface area (Å²) in [6.07, 6.45) is 0.422. The van der Waals surface area contributed by atoms with Crippen molar-refractivity contribution < 1.29 is 5.11 Å². The highest BCUT2D eigenvalue weighted by Crippen LogP contribution is 1.94. The maximum atomic E-state index is 8.95. The van der Waals surface area contributed by atoms with E-state index in [1.165, 1.54) is 0 Å². The summed E-state index contributed by atoms with van der Waals surface area (Å²) >= 11 is 5.37. The van der Waals surface area contributed by atoms with Crippen molar-refractivity contribution in [1.29, 1.82) is 0 Å². The van der Waals surface area contributed by atoms with E-state index in [0.29, 0.717) is 5.88 Å². The summed E-state index contributed by atoms with van der Waals surface area (Å²) in [6, 6.07) is 0. The first kappa shape index (κ1) is 13.1. The van der Waals surface area contributed by atoms with Gasteiger partial charge in [0.1, 0.15) is 0 Å². The lowest BCUT2D eigenvalue weighted by atomic mass is 10.3. The van der Waals surface area contributed by atoms with Crippen LogP contribution in [0.25, 0.3) is 0 Å². The summed E-state index contributed by atoms with van der Waals surface area (Å²) in [6.45, 7) is 0.897. The lowest BCUT2D eigenvalue weighted by Crippen LogP contribution is -2.20. The van der Waals surface area contributed by atoms with Crippen molar-refractivity contribution in [1.82, 2.24) is 4.90 Å². The van der Waals surface area contributed by atoms with Gasteiger partial charge in [-0.25, -0.2) is 0 Å². The number of rotatable bonds is 4. The Kier molecular flexibility index (Phi) is 9.97. The topological polar surface area (TPSA) is 23.5 Å². The van der Waals surface area contributed by atoms with Crippen LogP contribution in [0.4, 0.5) is 0 Å². The molecule has 0 heterocycles. The number of alkyl halides is 1. The lowest BCUT2D eigenvalue weighted by molar-refractivity contribution is 0.173. The molecule has 0 rings (SSSR count). The second kappa shape index (κ2) is 7.61. The zero-order valence-corrected chi connectivity index (χ0v) is 7.95. The van der Waals surface area contributed by atoms with E-state index >= 15 is 0 Å². The maximum absolute atomic E-state index is 8.95. The van der Waals surface area contributed by atoms with Gasteiger partial charge in [-0.05, 0) is 20.5 Å². The Balaban J connectivity index is 0. The van der Waals surface area contributed by atoms with Crippen LogP contribution in [0.2, 0.25) is 0 Å². The second-order valence-electron chi connectivity index (χ2n) is 2.40. The quantitative estimate of drug-likeness (QED) is 0.664. The molecule has 1 atom stereocenters. The molecule has 0 saturated heterocycles. The molecule has 1 unspecified atom stereocenters. The van der Waals surface area contributed by atoms with Gasteiger partial charge in [-0.1, -0.05) is 0 Å². The van der Waals surface area contributed by atoms with Crippen LogP contribution in [0.5, 0.6) is 0 Å². The summed E-state index contributed by atoms with van der Waals surface area (Å²) in [7, 11) is 3.95. The summed E-state index contributed by atoms with van der Waals surface area (Å²) in [5.74, 6) is 0.341. The molecule has 1 N–H and O–H groups in total. The Labute approximate surface area is 73.6 Å². The van der Waals surface area contributed by atoms with Crippen molar-refractivity contribution in [3.63, 3.8) is 0 Å². The molecule has 0 aromatic carbocycles. The molecule has 0 fully saturated rings. The molecule has 4 heteroatoms. The zero-order chi connectivity index (χ0) is 7.28. The summed E-state index contributed by atoms with van der Waals surface area (Å²) < 4.78 is 0. The zero-order valence-electron chi connectivity index (χ0n) is 6.38. The minimum absolute atomic E-state index is 0. The van der Waals surface area contributed by atoms with E-state index < -0.39 is 0 Å². The summed E-state index contributed by atoms with van der Waals surface area (Å²) in [5.41, 5.74) is 0.